The maximum Gasteiger partial charge on any atom is 0.328 e. The van der Waals surface area contributed by atoms with Crippen LogP contribution in [0.1, 0.15) is 25.7 Å². The third-order valence-electron chi connectivity index (χ3n) is 2.82. The predicted octanol–water partition coefficient (Wildman–Crippen LogP) is -1.05. The fourth-order valence-electron chi connectivity index (χ4n) is 1.80. The summed E-state index contributed by atoms with van der Waals surface area (Å²) >= 11 is 0. The van der Waals surface area contributed by atoms with E-state index >= 15 is 0 Å². The van der Waals surface area contributed by atoms with Crippen LogP contribution in [0.3, 0.4) is 0 Å². The van der Waals surface area contributed by atoms with Crippen LogP contribution in [0.25, 0.3) is 0 Å². The van der Waals surface area contributed by atoms with Crippen LogP contribution in [0.5, 0.6) is 0 Å². The molecule has 1 rings (SSSR count). The molecule has 1 aliphatic rings. The third kappa shape index (κ3) is 4.33. The van der Waals surface area contributed by atoms with Gasteiger partial charge in [0.15, 0.2) is 0 Å². The third-order valence-corrected chi connectivity index (χ3v) is 2.82. The van der Waals surface area contributed by atoms with E-state index in [0.717, 1.165) is 19.3 Å². The van der Waals surface area contributed by atoms with E-state index in [2.05, 4.69) is 5.32 Å². The number of hydrogen-bond donors (Lipinski definition) is 3. The van der Waals surface area contributed by atoms with Gasteiger partial charge in [-0.2, -0.15) is 0 Å². The number of amides is 2. The molecule has 1 aliphatic heterocycles. The number of carbonyl (C=O) groups is 3. The molecular weight excluding hydrogens is 240 g/mol. The summed E-state index contributed by atoms with van der Waals surface area (Å²) in [5.74, 6) is -1.95. The van der Waals surface area contributed by atoms with Gasteiger partial charge in [0, 0.05) is 13.0 Å². The molecule has 0 saturated carbocycles. The van der Waals surface area contributed by atoms with Crippen LogP contribution in [-0.4, -0.2) is 58.6 Å². The molecule has 1 atom stereocenters. The highest BCUT2D eigenvalue weighted by Crippen LogP contribution is 2.10. The number of rotatable bonds is 5. The van der Waals surface area contributed by atoms with E-state index in [1.165, 1.54) is 4.90 Å². The van der Waals surface area contributed by atoms with Gasteiger partial charge in [-0.1, -0.05) is 6.42 Å². The van der Waals surface area contributed by atoms with E-state index in [1.807, 2.05) is 0 Å². The molecule has 0 aliphatic carbocycles. The second-order valence-corrected chi connectivity index (χ2v) is 4.27. The van der Waals surface area contributed by atoms with Gasteiger partial charge in [0.05, 0.1) is 13.2 Å². The monoisotopic (exact) mass is 258 g/mol. The van der Waals surface area contributed by atoms with Gasteiger partial charge in [-0.15, -0.1) is 0 Å². The van der Waals surface area contributed by atoms with Gasteiger partial charge in [0.1, 0.15) is 6.04 Å². The highest BCUT2D eigenvalue weighted by molar-refractivity contribution is 5.88. The fraction of sp³-hybridized carbons (Fsp3) is 0.727. The van der Waals surface area contributed by atoms with Crippen LogP contribution in [-0.2, 0) is 14.4 Å². The zero-order valence-electron chi connectivity index (χ0n) is 10.1. The average molecular weight is 258 g/mol. The maximum absolute atomic E-state index is 11.6. The number of nitrogens with one attached hydrogen (secondary N) is 1. The lowest BCUT2D eigenvalue weighted by molar-refractivity contribution is -0.143. The Morgan fingerprint density at radius 3 is 2.67 bits per heavy atom. The second kappa shape index (κ2) is 6.95. The number of likely N-dealkylation sites (tertiary alicyclic amines) is 1. The van der Waals surface area contributed by atoms with Crippen LogP contribution in [0.15, 0.2) is 0 Å². The van der Waals surface area contributed by atoms with Crippen molar-refractivity contribution in [2.45, 2.75) is 31.7 Å². The molecule has 3 N–H and O–H groups in total. The van der Waals surface area contributed by atoms with Crippen molar-refractivity contribution < 1.29 is 24.6 Å². The summed E-state index contributed by atoms with van der Waals surface area (Å²) in [6, 6.07) is -1.32. The summed E-state index contributed by atoms with van der Waals surface area (Å²) in [6.07, 6.45) is 3.06. The van der Waals surface area contributed by atoms with Gasteiger partial charge in [0.25, 0.3) is 0 Å². The molecule has 1 unspecified atom stereocenters. The van der Waals surface area contributed by atoms with E-state index < -0.39 is 24.5 Å². The Balaban J connectivity index is 2.47. The molecule has 0 bridgehead atoms. The molecule has 1 saturated heterocycles. The smallest absolute Gasteiger partial charge is 0.328 e. The minimum Gasteiger partial charge on any atom is -0.480 e. The number of carboxylic acids is 1. The Kier molecular flexibility index (Phi) is 5.57. The van der Waals surface area contributed by atoms with Crippen molar-refractivity contribution in [3.05, 3.63) is 0 Å². The summed E-state index contributed by atoms with van der Waals surface area (Å²) < 4.78 is 0. The molecule has 1 fully saturated rings. The van der Waals surface area contributed by atoms with Crippen LogP contribution < -0.4 is 5.32 Å². The molecule has 0 radical (unpaired) electrons. The Morgan fingerprint density at radius 1 is 1.33 bits per heavy atom. The van der Waals surface area contributed by atoms with Crippen molar-refractivity contribution in [1.29, 1.82) is 0 Å². The average Bonchev–Trinajstić information content (AvgIpc) is 2.51. The quantitative estimate of drug-likeness (QED) is 0.583. The number of carboxylic acid groups (broad SMARTS) is 1. The van der Waals surface area contributed by atoms with Crippen LogP contribution in [0.4, 0.5) is 0 Å². The van der Waals surface area contributed by atoms with Gasteiger partial charge in [0.2, 0.25) is 11.8 Å². The zero-order valence-corrected chi connectivity index (χ0v) is 10.1. The number of nitrogens with zero attached hydrogens (tertiary/aromatic N) is 1. The van der Waals surface area contributed by atoms with Gasteiger partial charge < -0.3 is 20.4 Å². The van der Waals surface area contributed by atoms with Crippen molar-refractivity contribution >= 4 is 17.8 Å². The normalized spacial score (nSPS) is 18.1. The van der Waals surface area contributed by atoms with Crippen molar-refractivity contribution in [2.24, 2.45) is 0 Å². The number of aliphatic carboxylic acids is 1. The number of aliphatic hydroxyl groups excluding tert-OH is 1. The fourth-order valence-corrected chi connectivity index (χ4v) is 1.80. The summed E-state index contributed by atoms with van der Waals surface area (Å²) in [7, 11) is 0. The Bertz CT molecular complexity index is 331. The van der Waals surface area contributed by atoms with Crippen molar-refractivity contribution in [3.63, 3.8) is 0 Å². The van der Waals surface area contributed by atoms with E-state index in [1.54, 1.807) is 0 Å². The number of carbonyl (C=O) groups excluding carboxylic acids is 2. The Hall–Kier alpha value is -1.63. The van der Waals surface area contributed by atoms with Crippen LogP contribution in [0.2, 0.25) is 0 Å². The molecular formula is C11H18N2O5. The van der Waals surface area contributed by atoms with Gasteiger partial charge >= 0.3 is 5.97 Å². The highest BCUT2D eigenvalue weighted by Gasteiger charge is 2.23. The van der Waals surface area contributed by atoms with Crippen molar-refractivity contribution in [2.75, 3.05) is 19.7 Å². The first-order valence-corrected chi connectivity index (χ1v) is 5.95. The second-order valence-electron chi connectivity index (χ2n) is 4.27. The summed E-state index contributed by atoms with van der Waals surface area (Å²) in [5, 5.41) is 19.6. The Morgan fingerprint density at radius 2 is 2.06 bits per heavy atom. The Labute approximate surface area is 105 Å². The highest BCUT2D eigenvalue weighted by atomic mass is 16.4. The number of hydrogen-bond acceptors (Lipinski definition) is 4. The standard InChI is InChI=1S/C11H18N2O5/c14-7-8(11(17)18)12-9(15)6-13-5-3-1-2-4-10(13)16/h8,14H,1-7H2,(H,12,15)(H,17,18). The molecule has 1 heterocycles. The molecule has 102 valence electrons. The van der Waals surface area contributed by atoms with Crippen LogP contribution >= 0.6 is 0 Å². The van der Waals surface area contributed by atoms with E-state index in [4.69, 9.17) is 10.2 Å². The maximum atomic E-state index is 11.6. The molecule has 7 heteroatoms. The van der Waals surface area contributed by atoms with E-state index in [-0.39, 0.29) is 12.5 Å². The first kappa shape index (κ1) is 14.4. The van der Waals surface area contributed by atoms with E-state index in [9.17, 15) is 14.4 Å². The largest absolute Gasteiger partial charge is 0.480 e. The molecule has 18 heavy (non-hydrogen) atoms. The minimum atomic E-state index is -1.32. The molecule has 2 amide bonds. The van der Waals surface area contributed by atoms with E-state index in [0.29, 0.717) is 13.0 Å². The molecule has 0 aromatic heterocycles. The molecule has 0 aromatic carbocycles. The lowest BCUT2D eigenvalue weighted by atomic mass is 10.2. The predicted molar refractivity (Wildman–Crippen MR) is 61.7 cm³/mol. The van der Waals surface area contributed by atoms with Crippen LogP contribution in [0, 0.1) is 0 Å². The SMILES string of the molecule is O=C(CN1CCCCCC1=O)NC(CO)C(=O)O. The van der Waals surface area contributed by atoms with Gasteiger partial charge in [-0.05, 0) is 12.8 Å². The lowest BCUT2D eigenvalue weighted by Crippen LogP contribution is -2.48. The summed E-state index contributed by atoms with van der Waals surface area (Å²) in [5.41, 5.74) is 0. The minimum absolute atomic E-state index is 0.0847. The molecule has 0 aromatic rings. The van der Waals surface area contributed by atoms with Crippen molar-refractivity contribution in [3.8, 4) is 0 Å². The number of aliphatic hydroxyl groups is 1. The topological polar surface area (TPSA) is 107 Å². The first-order chi connectivity index (χ1) is 8.54. The van der Waals surface area contributed by atoms with Crippen molar-refractivity contribution in [1.82, 2.24) is 10.2 Å². The van der Waals surface area contributed by atoms with Gasteiger partial charge in [-0.25, -0.2) is 4.79 Å². The summed E-state index contributed by atoms with van der Waals surface area (Å²) in [4.78, 5) is 35.2. The molecule has 0 spiro atoms. The zero-order chi connectivity index (χ0) is 13.5. The lowest BCUT2D eigenvalue weighted by Gasteiger charge is -2.21. The summed E-state index contributed by atoms with van der Waals surface area (Å²) in [6.45, 7) is -0.305. The van der Waals surface area contributed by atoms with Gasteiger partial charge in [-0.3, -0.25) is 9.59 Å². The molecule has 7 nitrogen and oxygen atoms in total. The first-order valence-electron chi connectivity index (χ1n) is 5.95.